The molecule has 3 rings (SSSR count). The van der Waals surface area contributed by atoms with Gasteiger partial charge in [-0.2, -0.15) is 0 Å². The number of benzene rings is 2. The van der Waals surface area contributed by atoms with Crippen molar-refractivity contribution in [3.8, 4) is 5.75 Å². The van der Waals surface area contributed by atoms with Gasteiger partial charge in [0.05, 0.1) is 17.7 Å². The molecule has 0 saturated heterocycles. The van der Waals surface area contributed by atoms with Crippen molar-refractivity contribution in [1.82, 2.24) is 5.32 Å². The first-order valence-electron chi connectivity index (χ1n) is 9.23. The zero-order valence-corrected chi connectivity index (χ0v) is 15.3. The highest BCUT2D eigenvalue weighted by Gasteiger charge is 2.17. The van der Waals surface area contributed by atoms with E-state index in [4.69, 9.17) is 4.74 Å². The number of hydrogen-bond acceptors (Lipinski definition) is 2. The third-order valence-corrected chi connectivity index (χ3v) is 4.71. The van der Waals surface area contributed by atoms with E-state index >= 15 is 0 Å². The van der Waals surface area contributed by atoms with Gasteiger partial charge in [0.25, 0.3) is 5.91 Å². The summed E-state index contributed by atoms with van der Waals surface area (Å²) in [5, 5.41) is 3.11. The Morgan fingerprint density at radius 1 is 1.00 bits per heavy atom. The van der Waals surface area contributed by atoms with E-state index in [0.717, 1.165) is 12.0 Å². The molecule has 3 heteroatoms. The molecule has 0 radical (unpaired) electrons. The van der Waals surface area contributed by atoms with Gasteiger partial charge in [-0.15, -0.1) is 0 Å². The quantitative estimate of drug-likeness (QED) is 0.847. The molecule has 25 heavy (non-hydrogen) atoms. The van der Waals surface area contributed by atoms with E-state index in [9.17, 15) is 4.79 Å². The number of hydrogen-bond donors (Lipinski definition) is 1. The SMILES string of the molecule is CC(C)Oc1ccccc1C(=O)N[C@@H](C)c1ccc2c(c1)CCCC2. The van der Waals surface area contributed by atoms with Crippen molar-refractivity contribution in [2.75, 3.05) is 0 Å². The number of rotatable bonds is 5. The number of ether oxygens (including phenoxy) is 1. The molecule has 0 unspecified atom stereocenters. The van der Waals surface area contributed by atoms with Gasteiger partial charge in [0.2, 0.25) is 0 Å². The summed E-state index contributed by atoms with van der Waals surface area (Å²) >= 11 is 0. The molecule has 0 spiro atoms. The molecule has 132 valence electrons. The predicted molar refractivity (Wildman–Crippen MR) is 101 cm³/mol. The minimum atomic E-state index is -0.0959. The predicted octanol–water partition coefficient (Wildman–Crippen LogP) is 4.84. The summed E-state index contributed by atoms with van der Waals surface area (Å²) in [5.74, 6) is 0.536. The van der Waals surface area contributed by atoms with Crippen molar-refractivity contribution < 1.29 is 9.53 Å². The fraction of sp³-hybridized carbons (Fsp3) is 0.409. The normalized spacial score (nSPS) is 14.7. The standard InChI is InChI=1S/C22H27NO2/c1-15(2)25-21-11-7-6-10-20(21)22(24)23-16(3)18-13-12-17-8-4-5-9-19(17)14-18/h6-7,10-16H,4-5,8-9H2,1-3H3,(H,23,24)/t16-/m0/s1. The third kappa shape index (κ3) is 4.22. The molecule has 3 nitrogen and oxygen atoms in total. The van der Waals surface area contributed by atoms with Crippen LogP contribution in [0.25, 0.3) is 0 Å². The largest absolute Gasteiger partial charge is 0.490 e. The van der Waals surface area contributed by atoms with E-state index in [1.807, 2.05) is 45.0 Å². The maximum Gasteiger partial charge on any atom is 0.255 e. The monoisotopic (exact) mass is 337 g/mol. The van der Waals surface area contributed by atoms with E-state index in [0.29, 0.717) is 11.3 Å². The van der Waals surface area contributed by atoms with Gasteiger partial charge in [-0.3, -0.25) is 4.79 Å². The average Bonchev–Trinajstić information content (AvgIpc) is 2.61. The van der Waals surface area contributed by atoms with E-state index < -0.39 is 0 Å². The van der Waals surface area contributed by atoms with Crippen LogP contribution >= 0.6 is 0 Å². The lowest BCUT2D eigenvalue weighted by Crippen LogP contribution is -2.27. The Hall–Kier alpha value is -2.29. The summed E-state index contributed by atoms with van der Waals surface area (Å²) in [6.07, 6.45) is 4.90. The maximum atomic E-state index is 12.7. The van der Waals surface area contributed by atoms with E-state index in [2.05, 4.69) is 23.5 Å². The summed E-state index contributed by atoms with van der Waals surface area (Å²) in [4.78, 5) is 12.7. The highest BCUT2D eigenvalue weighted by molar-refractivity contribution is 5.97. The van der Waals surface area contributed by atoms with Crippen molar-refractivity contribution in [2.45, 2.75) is 58.6 Å². The second-order valence-corrected chi connectivity index (χ2v) is 7.09. The molecule has 1 aliphatic carbocycles. The van der Waals surface area contributed by atoms with Crippen LogP contribution < -0.4 is 10.1 Å². The Kier molecular flexibility index (Phi) is 5.42. The molecule has 0 heterocycles. The van der Waals surface area contributed by atoms with Crippen LogP contribution in [0.5, 0.6) is 5.75 Å². The number of carbonyl (C=O) groups excluding carboxylic acids is 1. The highest BCUT2D eigenvalue weighted by atomic mass is 16.5. The zero-order valence-electron chi connectivity index (χ0n) is 15.3. The number of fused-ring (bicyclic) bond motifs is 1. The molecule has 2 aromatic carbocycles. The number of carbonyl (C=O) groups is 1. The Morgan fingerprint density at radius 3 is 2.48 bits per heavy atom. The van der Waals surface area contributed by atoms with Gasteiger partial charge >= 0.3 is 0 Å². The Morgan fingerprint density at radius 2 is 1.72 bits per heavy atom. The van der Waals surface area contributed by atoms with Crippen LogP contribution in [-0.2, 0) is 12.8 Å². The van der Waals surface area contributed by atoms with Crippen molar-refractivity contribution in [3.63, 3.8) is 0 Å². The number of nitrogens with one attached hydrogen (secondary N) is 1. The molecule has 0 aliphatic heterocycles. The first-order valence-corrected chi connectivity index (χ1v) is 9.23. The van der Waals surface area contributed by atoms with Crippen LogP contribution in [-0.4, -0.2) is 12.0 Å². The van der Waals surface area contributed by atoms with Crippen LogP contribution in [0.3, 0.4) is 0 Å². The molecular formula is C22H27NO2. The fourth-order valence-electron chi connectivity index (χ4n) is 3.39. The lowest BCUT2D eigenvalue weighted by Gasteiger charge is -2.21. The minimum absolute atomic E-state index is 0.0343. The van der Waals surface area contributed by atoms with Crippen molar-refractivity contribution in [1.29, 1.82) is 0 Å². The molecule has 1 aliphatic rings. The van der Waals surface area contributed by atoms with E-state index in [1.165, 1.54) is 30.4 Å². The fourth-order valence-corrected chi connectivity index (χ4v) is 3.39. The molecule has 1 amide bonds. The van der Waals surface area contributed by atoms with Crippen LogP contribution in [0.2, 0.25) is 0 Å². The van der Waals surface area contributed by atoms with Gasteiger partial charge in [0.15, 0.2) is 0 Å². The molecule has 0 saturated carbocycles. The van der Waals surface area contributed by atoms with Gasteiger partial charge in [0, 0.05) is 0 Å². The van der Waals surface area contributed by atoms with E-state index in [1.54, 1.807) is 0 Å². The van der Waals surface area contributed by atoms with Crippen molar-refractivity contribution in [3.05, 3.63) is 64.7 Å². The second kappa shape index (κ2) is 7.73. The van der Waals surface area contributed by atoms with E-state index in [-0.39, 0.29) is 18.1 Å². The summed E-state index contributed by atoms with van der Waals surface area (Å²) in [6, 6.07) is 14.0. The zero-order chi connectivity index (χ0) is 17.8. The Balaban J connectivity index is 1.75. The minimum Gasteiger partial charge on any atom is -0.490 e. The molecule has 1 atom stereocenters. The smallest absolute Gasteiger partial charge is 0.255 e. The highest BCUT2D eigenvalue weighted by Crippen LogP contribution is 2.26. The first-order chi connectivity index (χ1) is 12.0. The first kappa shape index (κ1) is 17.5. The van der Waals surface area contributed by atoms with Gasteiger partial charge in [0.1, 0.15) is 5.75 Å². The van der Waals surface area contributed by atoms with Crippen LogP contribution in [0.4, 0.5) is 0 Å². The number of para-hydroxylation sites is 1. The molecule has 0 aromatic heterocycles. The number of aryl methyl sites for hydroxylation is 2. The molecule has 0 bridgehead atoms. The molecule has 1 N–H and O–H groups in total. The topological polar surface area (TPSA) is 38.3 Å². The van der Waals surface area contributed by atoms with Gasteiger partial charge in [-0.1, -0.05) is 30.3 Å². The third-order valence-electron chi connectivity index (χ3n) is 4.71. The average molecular weight is 337 g/mol. The molecule has 2 aromatic rings. The Labute approximate surface area is 150 Å². The summed E-state index contributed by atoms with van der Waals surface area (Å²) in [7, 11) is 0. The summed E-state index contributed by atoms with van der Waals surface area (Å²) < 4.78 is 5.77. The molecular weight excluding hydrogens is 310 g/mol. The van der Waals surface area contributed by atoms with Gasteiger partial charge < -0.3 is 10.1 Å². The van der Waals surface area contributed by atoms with Crippen molar-refractivity contribution >= 4 is 5.91 Å². The molecule has 0 fully saturated rings. The maximum absolute atomic E-state index is 12.7. The summed E-state index contributed by atoms with van der Waals surface area (Å²) in [5.41, 5.74) is 4.65. The van der Waals surface area contributed by atoms with Gasteiger partial charge in [-0.05, 0) is 75.3 Å². The van der Waals surface area contributed by atoms with Crippen LogP contribution in [0, 0.1) is 0 Å². The second-order valence-electron chi connectivity index (χ2n) is 7.09. The van der Waals surface area contributed by atoms with Crippen molar-refractivity contribution in [2.24, 2.45) is 0 Å². The Bertz CT molecular complexity index is 751. The van der Waals surface area contributed by atoms with Crippen LogP contribution in [0.15, 0.2) is 42.5 Å². The van der Waals surface area contributed by atoms with Crippen LogP contribution in [0.1, 0.15) is 66.7 Å². The van der Waals surface area contributed by atoms with Gasteiger partial charge in [-0.25, -0.2) is 0 Å². The lowest BCUT2D eigenvalue weighted by molar-refractivity contribution is 0.0934. The lowest BCUT2D eigenvalue weighted by atomic mass is 9.89. The summed E-state index contributed by atoms with van der Waals surface area (Å²) in [6.45, 7) is 5.96. The number of amides is 1.